The number of hydrogen-bond acceptors (Lipinski definition) is 4. The van der Waals surface area contributed by atoms with Crippen LogP contribution in [0, 0.1) is 5.92 Å². The average Bonchev–Trinajstić information content (AvgIpc) is 2.99. The van der Waals surface area contributed by atoms with E-state index in [2.05, 4.69) is 17.1 Å². The van der Waals surface area contributed by atoms with Gasteiger partial charge in [-0.3, -0.25) is 0 Å². The summed E-state index contributed by atoms with van der Waals surface area (Å²) in [5, 5.41) is 4.25. The first-order chi connectivity index (χ1) is 9.71. The number of hydrogen-bond donors (Lipinski definition) is 1. The van der Waals surface area contributed by atoms with Crippen LogP contribution in [0.25, 0.3) is 0 Å². The van der Waals surface area contributed by atoms with Gasteiger partial charge in [0.25, 0.3) is 0 Å². The predicted octanol–water partition coefficient (Wildman–Crippen LogP) is 3.87. The van der Waals surface area contributed by atoms with Gasteiger partial charge in [-0.1, -0.05) is 37.8 Å². The molecule has 1 aromatic rings. The highest BCUT2D eigenvalue weighted by Gasteiger charge is 2.36. The largest absolute Gasteiger partial charge is 0.337 e. The summed E-state index contributed by atoms with van der Waals surface area (Å²) in [6, 6.07) is 0. The summed E-state index contributed by atoms with van der Waals surface area (Å²) in [7, 11) is 0. The van der Waals surface area contributed by atoms with Gasteiger partial charge >= 0.3 is 0 Å². The second-order valence-electron chi connectivity index (χ2n) is 6.80. The van der Waals surface area contributed by atoms with Gasteiger partial charge in [-0.2, -0.15) is 4.98 Å². The molecule has 1 aromatic heterocycles. The number of rotatable bonds is 3. The van der Waals surface area contributed by atoms with E-state index in [1.54, 1.807) is 0 Å². The molecule has 0 amide bonds. The Morgan fingerprint density at radius 1 is 1.15 bits per heavy atom. The molecule has 112 valence electrons. The molecule has 0 saturated heterocycles. The molecule has 0 radical (unpaired) electrons. The zero-order valence-electron chi connectivity index (χ0n) is 12.6. The van der Waals surface area contributed by atoms with Gasteiger partial charge in [0.05, 0.1) is 5.54 Å². The van der Waals surface area contributed by atoms with Crippen LogP contribution in [0.1, 0.15) is 88.8 Å². The third kappa shape index (κ3) is 2.76. The van der Waals surface area contributed by atoms with Crippen LogP contribution in [0.4, 0.5) is 0 Å². The van der Waals surface area contributed by atoms with E-state index >= 15 is 0 Å². The van der Waals surface area contributed by atoms with Crippen LogP contribution < -0.4 is 5.73 Å². The smallest absolute Gasteiger partial charge is 0.246 e. The molecule has 2 fully saturated rings. The molecular formula is C16H27N3O. The van der Waals surface area contributed by atoms with Gasteiger partial charge in [0, 0.05) is 5.92 Å². The Hall–Kier alpha value is -0.900. The topological polar surface area (TPSA) is 64.9 Å². The van der Waals surface area contributed by atoms with E-state index in [1.807, 2.05) is 0 Å². The number of aromatic nitrogens is 2. The summed E-state index contributed by atoms with van der Waals surface area (Å²) < 4.78 is 5.53. The van der Waals surface area contributed by atoms with Crippen LogP contribution in [-0.2, 0) is 5.54 Å². The second kappa shape index (κ2) is 5.84. The van der Waals surface area contributed by atoms with Gasteiger partial charge in [0.2, 0.25) is 5.89 Å². The Bertz CT molecular complexity index is 429. The average molecular weight is 277 g/mol. The first kappa shape index (κ1) is 14.1. The van der Waals surface area contributed by atoms with Crippen molar-refractivity contribution >= 4 is 0 Å². The summed E-state index contributed by atoms with van der Waals surface area (Å²) in [5.41, 5.74) is 6.11. The van der Waals surface area contributed by atoms with E-state index in [9.17, 15) is 0 Å². The molecule has 2 N–H and O–H groups in total. The minimum atomic E-state index is -0.357. The first-order valence-electron chi connectivity index (χ1n) is 8.34. The van der Waals surface area contributed by atoms with Crippen molar-refractivity contribution in [1.29, 1.82) is 0 Å². The zero-order chi connectivity index (χ0) is 14.0. The summed E-state index contributed by atoms with van der Waals surface area (Å²) in [6.45, 7) is 2.29. The molecule has 0 aromatic carbocycles. The molecule has 1 heterocycles. The predicted molar refractivity (Wildman–Crippen MR) is 78.2 cm³/mol. The van der Waals surface area contributed by atoms with Gasteiger partial charge in [0.15, 0.2) is 5.82 Å². The van der Waals surface area contributed by atoms with Crippen molar-refractivity contribution in [3.8, 4) is 0 Å². The van der Waals surface area contributed by atoms with E-state index < -0.39 is 0 Å². The highest BCUT2D eigenvalue weighted by molar-refractivity contribution is 5.06. The summed E-state index contributed by atoms with van der Waals surface area (Å²) in [5.74, 6) is 2.98. The molecule has 2 aliphatic rings. The normalized spacial score (nSPS) is 30.3. The summed E-state index contributed by atoms with van der Waals surface area (Å²) >= 11 is 0. The zero-order valence-corrected chi connectivity index (χ0v) is 12.6. The summed E-state index contributed by atoms with van der Waals surface area (Å²) in [4.78, 5) is 4.68. The molecular weight excluding hydrogens is 250 g/mol. The van der Waals surface area contributed by atoms with Gasteiger partial charge in [-0.25, -0.2) is 0 Å². The maximum atomic E-state index is 6.47. The maximum absolute atomic E-state index is 6.47. The van der Waals surface area contributed by atoms with Crippen LogP contribution in [0.3, 0.4) is 0 Å². The fraction of sp³-hybridized carbons (Fsp3) is 0.875. The lowest BCUT2D eigenvalue weighted by Gasteiger charge is -2.29. The molecule has 0 aliphatic heterocycles. The Balaban J connectivity index is 1.67. The van der Waals surface area contributed by atoms with E-state index in [1.165, 1.54) is 51.4 Å². The lowest BCUT2D eigenvalue weighted by atomic mass is 9.80. The molecule has 4 heteroatoms. The van der Waals surface area contributed by atoms with Gasteiger partial charge in [-0.05, 0) is 44.4 Å². The Labute approximate surface area is 121 Å². The fourth-order valence-electron chi connectivity index (χ4n) is 3.83. The highest BCUT2D eigenvalue weighted by Crippen LogP contribution is 2.38. The van der Waals surface area contributed by atoms with Crippen LogP contribution >= 0.6 is 0 Å². The molecule has 0 unspecified atom stereocenters. The second-order valence-corrected chi connectivity index (χ2v) is 6.80. The molecule has 4 nitrogen and oxygen atoms in total. The van der Waals surface area contributed by atoms with Gasteiger partial charge in [-0.15, -0.1) is 0 Å². The first-order valence-corrected chi connectivity index (χ1v) is 8.34. The van der Waals surface area contributed by atoms with E-state index in [0.717, 1.165) is 24.6 Å². The number of nitrogens with two attached hydrogens (primary N) is 1. The Kier molecular flexibility index (Phi) is 4.11. The molecule has 3 rings (SSSR count). The molecule has 0 spiro atoms. The van der Waals surface area contributed by atoms with Gasteiger partial charge < -0.3 is 10.3 Å². The van der Waals surface area contributed by atoms with Crippen LogP contribution in [0.5, 0.6) is 0 Å². The number of nitrogens with zero attached hydrogens (tertiary/aromatic N) is 2. The highest BCUT2D eigenvalue weighted by atomic mass is 16.5. The molecule has 20 heavy (non-hydrogen) atoms. The van der Waals surface area contributed by atoms with E-state index in [4.69, 9.17) is 10.3 Å². The molecule has 2 saturated carbocycles. The fourth-order valence-corrected chi connectivity index (χ4v) is 3.83. The Morgan fingerprint density at radius 2 is 1.85 bits per heavy atom. The van der Waals surface area contributed by atoms with Crippen molar-refractivity contribution in [1.82, 2.24) is 10.1 Å². The van der Waals surface area contributed by atoms with E-state index in [0.29, 0.717) is 11.8 Å². The van der Waals surface area contributed by atoms with Crippen LogP contribution in [-0.4, -0.2) is 10.1 Å². The van der Waals surface area contributed by atoms with Crippen molar-refractivity contribution in [3.63, 3.8) is 0 Å². The lowest BCUT2D eigenvalue weighted by molar-refractivity contribution is 0.219. The van der Waals surface area contributed by atoms with Crippen molar-refractivity contribution in [2.45, 2.75) is 82.6 Å². The molecule has 0 bridgehead atoms. The van der Waals surface area contributed by atoms with Crippen LogP contribution in [0.15, 0.2) is 4.52 Å². The molecule has 2 aliphatic carbocycles. The van der Waals surface area contributed by atoms with E-state index in [-0.39, 0.29) is 5.54 Å². The van der Waals surface area contributed by atoms with Gasteiger partial charge in [0.1, 0.15) is 0 Å². The van der Waals surface area contributed by atoms with Crippen molar-refractivity contribution in [2.24, 2.45) is 11.7 Å². The quantitative estimate of drug-likeness (QED) is 0.910. The minimum Gasteiger partial charge on any atom is -0.337 e. The lowest BCUT2D eigenvalue weighted by Crippen LogP contribution is -2.39. The van der Waals surface area contributed by atoms with Crippen LogP contribution in [0.2, 0.25) is 0 Å². The minimum absolute atomic E-state index is 0.357. The van der Waals surface area contributed by atoms with Crippen molar-refractivity contribution in [2.75, 3.05) is 0 Å². The SMILES string of the molecule is CCC1CCC(c2noc(C3(N)CCCCC3)n2)CC1. The maximum Gasteiger partial charge on any atom is 0.246 e. The monoisotopic (exact) mass is 277 g/mol. The Morgan fingerprint density at radius 3 is 2.50 bits per heavy atom. The van der Waals surface area contributed by atoms with Crippen molar-refractivity contribution < 1.29 is 4.52 Å². The third-order valence-electron chi connectivity index (χ3n) is 5.40. The van der Waals surface area contributed by atoms with Crippen molar-refractivity contribution in [3.05, 3.63) is 11.7 Å². The summed E-state index contributed by atoms with van der Waals surface area (Å²) in [6.07, 6.45) is 11.9. The third-order valence-corrected chi connectivity index (χ3v) is 5.40. The standard InChI is InChI=1S/C16H27N3O/c1-2-12-6-8-13(9-7-12)14-18-15(20-19-14)16(17)10-4-3-5-11-16/h12-13H,2-11,17H2,1H3. The molecule has 0 atom stereocenters.